The predicted molar refractivity (Wildman–Crippen MR) is 50.7 cm³/mol. The highest BCUT2D eigenvalue weighted by atomic mass is 79.9. The van der Waals surface area contributed by atoms with Gasteiger partial charge in [0.1, 0.15) is 0 Å². The van der Waals surface area contributed by atoms with E-state index in [4.69, 9.17) is 4.42 Å². The molecule has 0 radical (unpaired) electrons. The summed E-state index contributed by atoms with van der Waals surface area (Å²) in [6.45, 7) is 1.90. The number of aromatic nitrogens is 2. The van der Waals surface area contributed by atoms with Crippen LogP contribution in [0.25, 0.3) is 0 Å². The van der Waals surface area contributed by atoms with Crippen LogP contribution in [0.5, 0.6) is 0 Å². The number of hydrogen-bond donors (Lipinski definition) is 1. The minimum absolute atomic E-state index is 0.136. The van der Waals surface area contributed by atoms with Crippen LogP contribution in [0.15, 0.2) is 4.42 Å². The Hall–Kier alpha value is -0.910. The van der Waals surface area contributed by atoms with Gasteiger partial charge >= 0.3 is 6.01 Å². The van der Waals surface area contributed by atoms with Gasteiger partial charge in [-0.3, -0.25) is 10.1 Å². The Morgan fingerprint density at radius 1 is 1.62 bits per heavy atom. The van der Waals surface area contributed by atoms with Gasteiger partial charge in [0.2, 0.25) is 11.8 Å². The number of amides is 1. The first-order valence-corrected chi connectivity index (χ1v) is 5.06. The second kappa shape index (κ2) is 4.96. The number of halogens is 1. The average Bonchev–Trinajstić information content (AvgIpc) is 2.52. The first kappa shape index (κ1) is 10.2. The maximum atomic E-state index is 11.0. The lowest BCUT2D eigenvalue weighted by Gasteiger charge is -1.95. The number of aryl methyl sites for hydroxylation is 1. The first-order chi connectivity index (χ1) is 6.26. The molecule has 72 valence electrons. The fourth-order valence-electron chi connectivity index (χ4n) is 0.715. The third kappa shape index (κ3) is 3.14. The van der Waals surface area contributed by atoms with Crippen LogP contribution in [-0.2, 0) is 11.2 Å². The molecule has 13 heavy (non-hydrogen) atoms. The lowest BCUT2D eigenvalue weighted by atomic mass is 10.5. The molecule has 0 spiro atoms. The number of anilines is 1. The van der Waals surface area contributed by atoms with E-state index in [-0.39, 0.29) is 11.9 Å². The summed E-state index contributed by atoms with van der Waals surface area (Å²) >= 11 is 3.15. The predicted octanol–water partition coefficient (Wildman–Crippen LogP) is 1.36. The van der Waals surface area contributed by atoms with Gasteiger partial charge in [0.05, 0.1) is 0 Å². The van der Waals surface area contributed by atoms with Gasteiger partial charge in [-0.2, -0.15) is 0 Å². The number of nitrogens with one attached hydrogen (secondary N) is 1. The minimum Gasteiger partial charge on any atom is -0.408 e. The molecule has 1 aromatic heterocycles. The van der Waals surface area contributed by atoms with Crippen molar-refractivity contribution in [3.05, 3.63) is 5.89 Å². The monoisotopic (exact) mass is 247 g/mol. The highest BCUT2D eigenvalue weighted by Crippen LogP contribution is 2.06. The summed E-state index contributed by atoms with van der Waals surface area (Å²) < 4.78 is 5.08. The van der Waals surface area contributed by atoms with E-state index in [9.17, 15) is 4.79 Å². The molecule has 1 aromatic rings. The molecule has 0 aliphatic carbocycles. The molecular formula is C7H10BrN3O2. The molecule has 5 nitrogen and oxygen atoms in total. The van der Waals surface area contributed by atoms with E-state index in [1.807, 2.05) is 6.92 Å². The van der Waals surface area contributed by atoms with Gasteiger partial charge in [-0.05, 0) is 0 Å². The number of rotatable bonds is 4. The summed E-state index contributed by atoms with van der Waals surface area (Å²) in [5, 5.41) is 10.5. The maximum Gasteiger partial charge on any atom is 0.322 e. The molecule has 6 heteroatoms. The molecule has 0 aliphatic rings. The van der Waals surface area contributed by atoms with E-state index in [0.717, 1.165) is 0 Å². The van der Waals surface area contributed by atoms with Crippen molar-refractivity contribution in [2.24, 2.45) is 0 Å². The first-order valence-electron chi connectivity index (χ1n) is 3.94. The molecule has 0 atom stereocenters. The van der Waals surface area contributed by atoms with E-state index in [0.29, 0.717) is 24.1 Å². The number of nitrogens with zero attached hydrogens (tertiary/aromatic N) is 2. The third-order valence-electron chi connectivity index (χ3n) is 1.34. The van der Waals surface area contributed by atoms with Gasteiger partial charge in [-0.1, -0.05) is 28.0 Å². The lowest BCUT2D eigenvalue weighted by Crippen LogP contribution is -2.11. The zero-order chi connectivity index (χ0) is 9.68. The molecule has 0 saturated carbocycles. The molecule has 1 rings (SSSR count). The second-order valence-corrected chi connectivity index (χ2v) is 3.13. The summed E-state index contributed by atoms with van der Waals surface area (Å²) in [5.74, 6) is 0.386. The summed E-state index contributed by atoms with van der Waals surface area (Å²) in [5.41, 5.74) is 0. The van der Waals surface area contributed by atoms with Crippen molar-refractivity contribution >= 4 is 27.9 Å². The highest BCUT2D eigenvalue weighted by molar-refractivity contribution is 9.09. The van der Waals surface area contributed by atoms with Crippen molar-refractivity contribution in [1.82, 2.24) is 10.2 Å². The van der Waals surface area contributed by atoms with Gasteiger partial charge in [-0.15, -0.1) is 5.10 Å². The van der Waals surface area contributed by atoms with Crippen LogP contribution in [-0.4, -0.2) is 21.4 Å². The Balaban J connectivity index is 2.49. The lowest BCUT2D eigenvalue weighted by molar-refractivity contribution is -0.115. The normalized spacial score (nSPS) is 10.0. The minimum atomic E-state index is -0.136. The van der Waals surface area contributed by atoms with Gasteiger partial charge < -0.3 is 4.42 Å². The summed E-state index contributed by atoms with van der Waals surface area (Å²) in [6, 6.07) is 0.169. The third-order valence-corrected chi connectivity index (χ3v) is 1.73. The van der Waals surface area contributed by atoms with E-state index in [1.165, 1.54) is 0 Å². The summed E-state index contributed by atoms with van der Waals surface area (Å²) in [6.07, 6.45) is 1.06. The molecule has 1 amide bonds. The molecular weight excluding hydrogens is 238 g/mol. The molecule has 1 N–H and O–H groups in total. The SMILES string of the molecule is CCc1nnc(NC(=O)CCBr)o1. The number of carbonyl (C=O) groups excluding carboxylic acids is 1. The van der Waals surface area contributed by atoms with Crippen molar-refractivity contribution < 1.29 is 9.21 Å². The van der Waals surface area contributed by atoms with E-state index in [1.54, 1.807) is 0 Å². The summed E-state index contributed by atoms with van der Waals surface area (Å²) in [4.78, 5) is 11.0. The molecule has 0 fully saturated rings. The van der Waals surface area contributed by atoms with Gasteiger partial charge in [-0.25, -0.2) is 0 Å². The maximum absolute atomic E-state index is 11.0. The van der Waals surface area contributed by atoms with Crippen LogP contribution >= 0.6 is 15.9 Å². The Kier molecular flexibility index (Phi) is 3.88. The Morgan fingerprint density at radius 3 is 2.92 bits per heavy atom. The van der Waals surface area contributed by atoms with E-state index in [2.05, 4.69) is 31.4 Å². The number of hydrogen-bond acceptors (Lipinski definition) is 4. The molecule has 1 heterocycles. The highest BCUT2D eigenvalue weighted by Gasteiger charge is 2.07. The van der Waals surface area contributed by atoms with Crippen LogP contribution in [0.4, 0.5) is 6.01 Å². The van der Waals surface area contributed by atoms with Crippen LogP contribution < -0.4 is 5.32 Å². The molecule has 0 unspecified atom stereocenters. The zero-order valence-electron chi connectivity index (χ0n) is 7.21. The molecule has 0 saturated heterocycles. The van der Waals surface area contributed by atoms with Crippen molar-refractivity contribution in [3.8, 4) is 0 Å². The molecule has 0 aromatic carbocycles. The van der Waals surface area contributed by atoms with Crippen LogP contribution in [0.2, 0.25) is 0 Å². The Labute approximate surface area is 84.0 Å². The summed E-state index contributed by atoms with van der Waals surface area (Å²) in [7, 11) is 0. The van der Waals surface area contributed by atoms with Crippen molar-refractivity contribution in [2.75, 3.05) is 10.6 Å². The quantitative estimate of drug-likeness (QED) is 0.816. The van der Waals surface area contributed by atoms with Crippen molar-refractivity contribution in [2.45, 2.75) is 19.8 Å². The Morgan fingerprint density at radius 2 is 2.38 bits per heavy atom. The number of alkyl halides is 1. The fourth-order valence-corrected chi connectivity index (χ4v) is 1.07. The zero-order valence-corrected chi connectivity index (χ0v) is 8.80. The van der Waals surface area contributed by atoms with Gasteiger partial charge in [0.25, 0.3) is 0 Å². The standard InChI is InChI=1S/C7H10BrN3O2/c1-2-6-10-11-7(13-6)9-5(12)3-4-8/h2-4H2,1H3,(H,9,11,12). The number of carbonyl (C=O) groups is 1. The topological polar surface area (TPSA) is 68.0 Å². The van der Waals surface area contributed by atoms with Gasteiger partial charge in [0.15, 0.2) is 0 Å². The average molecular weight is 248 g/mol. The smallest absolute Gasteiger partial charge is 0.322 e. The Bertz CT molecular complexity index is 287. The van der Waals surface area contributed by atoms with Crippen LogP contribution in [0.3, 0.4) is 0 Å². The van der Waals surface area contributed by atoms with Gasteiger partial charge in [0, 0.05) is 18.2 Å². The largest absolute Gasteiger partial charge is 0.408 e. The van der Waals surface area contributed by atoms with Crippen molar-refractivity contribution in [3.63, 3.8) is 0 Å². The molecule has 0 aliphatic heterocycles. The van der Waals surface area contributed by atoms with E-state index >= 15 is 0 Å². The van der Waals surface area contributed by atoms with Crippen LogP contribution in [0, 0.1) is 0 Å². The van der Waals surface area contributed by atoms with Crippen LogP contribution in [0.1, 0.15) is 19.2 Å². The fraction of sp³-hybridized carbons (Fsp3) is 0.571. The molecule has 0 bridgehead atoms. The van der Waals surface area contributed by atoms with E-state index < -0.39 is 0 Å². The second-order valence-electron chi connectivity index (χ2n) is 2.34. The van der Waals surface area contributed by atoms with Crippen molar-refractivity contribution in [1.29, 1.82) is 0 Å².